The summed E-state index contributed by atoms with van der Waals surface area (Å²) in [6.07, 6.45) is 5.87. The first-order valence-electron chi connectivity index (χ1n) is 8.93. The molecule has 1 amide bonds. The van der Waals surface area contributed by atoms with E-state index < -0.39 is 12.6 Å². The lowest BCUT2D eigenvalue weighted by molar-refractivity contribution is -0.307. The highest BCUT2D eigenvalue weighted by Gasteiger charge is 2.21. The number of aryl methyl sites for hydroxylation is 1. The number of benzene rings is 1. The standard InChI is InChI=1S/C20H22N2O4S/c1-2-13-7-8-17-15(9-13)10-18(27-17)20(25)22-21-11-14-5-3-4-6-16(14)26-12-19(23)24/h3-6,10-11,13H,2,7-9,12H2,1H3,(H,22,25)(H,23,24)/p-1/b21-11-/t13-/m0/s1. The SMILES string of the molecule is CC[C@H]1CCc2sc(C(=O)N/N=C\c3ccccc3OCC(=O)[O-])cc2C1. The number of carbonyl (C=O) groups is 2. The number of aliphatic carboxylic acids is 1. The molecule has 1 aromatic carbocycles. The minimum atomic E-state index is -1.30. The number of ether oxygens (including phenoxy) is 1. The van der Waals surface area contributed by atoms with E-state index in [0.29, 0.717) is 22.1 Å². The average Bonchev–Trinajstić information content (AvgIpc) is 3.10. The summed E-state index contributed by atoms with van der Waals surface area (Å²) in [4.78, 5) is 24.9. The fourth-order valence-electron chi connectivity index (χ4n) is 3.13. The summed E-state index contributed by atoms with van der Waals surface area (Å²) in [7, 11) is 0. The van der Waals surface area contributed by atoms with Crippen LogP contribution in [-0.4, -0.2) is 24.7 Å². The molecule has 1 atom stereocenters. The normalized spacial score (nSPS) is 16.1. The largest absolute Gasteiger partial charge is 0.546 e. The van der Waals surface area contributed by atoms with Crippen LogP contribution in [0.15, 0.2) is 35.4 Å². The van der Waals surface area contributed by atoms with Crippen LogP contribution < -0.4 is 15.3 Å². The lowest BCUT2D eigenvalue weighted by Crippen LogP contribution is -2.29. The molecule has 2 aromatic rings. The summed E-state index contributed by atoms with van der Waals surface area (Å²) < 4.78 is 5.15. The van der Waals surface area contributed by atoms with Gasteiger partial charge in [0.2, 0.25) is 0 Å². The van der Waals surface area contributed by atoms with E-state index in [0.717, 1.165) is 12.8 Å². The molecule has 0 saturated carbocycles. The second-order valence-electron chi connectivity index (χ2n) is 6.47. The Labute approximate surface area is 161 Å². The van der Waals surface area contributed by atoms with E-state index in [1.54, 1.807) is 24.3 Å². The van der Waals surface area contributed by atoms with Crippen LogP contribution in [0.3, 0.4) is 0 Å². The monoisotopic (exact) mass is 385 g/mol. The molecule has 1 aliphatic rings. The molecule has 0 saturated heterocycles. The molecule has 27 heavy (non-hydrogen) atoms. The van der Waals surface area contributed by atoms with Gasteiger partial charge in [0.1, 0.15) is 12.4 Å². The number of carboxylic acid groups (broad SMARTS) is 1. The van der Waals surface area contributed by atoms with Gasteiger partial charge in [-0.15, -0.1) is 11.3 Å². The molecule has 0 aliphatic heterocycles. The Morgan fingerprint density at radius 3 is 3.00 bits per heavy atom. The van der Waals surface area contributed by atoms with Crippen LogP contribution in [0.5, 0.6) is 5.75 Å². The van der Waals surface area contributed by atoms with Gasteiger partial charge in [0.15, 0.2) is 0 Å². The summed E-state index contributed by atoms with van der Waals surface area (Å²) in [6, 6.07) is 8.81. The highest BCUT2D eigenvalue weighted by molar-refractivity contribution is 7.14. The number of hydrazone groups is 1. The lowest BCUT2D eigenvalue weighted by Gasteiger charge is -2.19. The van der Waals surface area contributed by atoms with Gasteiger partial charge in [0, 0.05) is 10.4 Å². The van der Waals surface area contributed by atoms with Crippen molar-refractivity contribution < 1.29 is 19.4 Å². The van der Waals surface area contributed by atoms with Crippen LogP contribution in [0.25, 0.3) is 0 Å². The zero-order valence-electron chi connectivity index (χ0n) is 15.1. The molecular formula is C20H21N2O4S-. The number of fused-ring (bicyclic) bond motifs is 1. The number of carbonyl (C=O) groups excluding carboxylic acids is 2. The maximum absolute atomic E-state index is 12.4. The van der Waals surface area contributed by atoms with E-state index >= 15 is 0 Å². The van der Waals surface area contributed by atoms with E-state index in [9.17, 15) is 14.7 Å². The van der Waals surface area contributed by atoms with Crippen molar-refractivity contribution in [2.24, 2.45) is 11.0 Å². The van der Waals surface area contributed by atoms with Gasteiger partial charge >= 0.3 is 0 Å². The van der Waals surface area contributed by atoms with Crippen LogP contribution >= 0.6 is 11.3 Å². The third-order valence-corrected chi connectivity index (χ3v) is 5.86. The molecule has 6 nitrogen and oxygen atoms in total. The van der Waals surface area contributed by atoms with Gasteiger partial charge in [-0.05, 0) is 48.9 Å². The number of nitrogens with one attached hydrogen (secondary N) is 1. The van der Waals surface area contributed by atoms with Crippen molar-refractivity contribution >= 4 is 29.4 Å². The van der Waals surface area contributed by atoms with Crippen LogP contribution in [-0.2, 0) is 17.6 Å². The molecule has 0 spiro atoms. The van der Waals surface area contributed by atoms with E-state index in [-0.39, 0.29) is 5.91 Å². The first-order valence-corrected chi connectivity index (χ1v) is 9.75. The van der Waals surface area contributed by atoms with Crippen LogP contribution in [0.1, 0.15) is 45.4 Å². The van der Waals surface area contributed by atoms with Crippen molar-refractivity contribution in [1.29, 1.82) is 0 Å². The number of carboxylic acids is 1. The topological polar surface area (TPSA) is 90.8 Å². The molecule has 0 unspecified atom stereocenters. The third kappa shape index (κ3) is 4.95. The van der Waals surface area contributed by atoms with Crippen molar-refractivity contribution in [2.45, 2.75) is 32.6 Å². The molecule has 1 aromatic heterocycles. The van der Waals surface area contributed by atoms with Gasteiger partial charge in [-0.2, -0.15) is 5.10 Å². The number of hydrogen-bond acceptors (Lipinski definition) is 6. The second kappa shape index (κ2) is 8.81. The Bertz CT molecular complexity index is 859. The Hall–Kier alpha value is -2.67. The average molecular weight is 385 g/mol. The fourth-order valence-corrected chi connectivity index (χ4v) is 4.23. The quantitative estimate of drug-likeness (QED) is 0.584. The third-order valence-electron chi connectivity index (χ3n) is 4.62. The zero-order chi connectivity index (χ0) is 19.2. The first kappa shape index (κ1) is 19.1. The number of hydrogen-bond donors (Lipinski definition) is 1. The summed E-state index contributed by atoms with van der Waals surface area (Å²) in [5.74, 6) is -0.482. The molecule has 142 valence electrons. The van der Waals surface area contributed by atoms with Gasteiger partial charge < -0.3 is 14.6 Å². The fraction of sp³-hybridized carbons (Fsp3) is 0.350. The molecule has 1 heterocycles. The van der Waals surface area contributed by atoms with Gasteiger partial charge in [0.25, 0.3) is 5.91 Å². The van der Waals surface area contributed by atoms with E-state index in [4.69, 9.17) is 4.74 Å². The van der Waals surface area contributed by atoms with Crippen molar-refractivity contribution in [3.05, 3.63) is 51.2 Å². The predicted molar refractivity (Wildman–Crippen MR) is 102 cm³/mol. The van der Waals surface area contributed by atoms with Crippen molar-refractivity contribution in [1.82, 2.24) is 5.43 Å². The predicted octanol–water partition coefficient (Wildman–Crippen LogP) is 2.16. The zero-order valence-corrected chi connectivity index (χ0v) is 15.9. The Morgan fingerprint density at radius 2 is 2.22 bits per heavy atom. The number of thiophene rings is 1. The smallest absolute Gasteiger partial charge is 0.281 e. The Balaban J connectivity index is 1.63. The number of para-hydroxylation sites is 1. The van der Waals surface area contributed by atoms with Crippen molar-refractivity contribution in [3.63, 3.8) is 0 Å². The number of rotatable bonds is 7. The Kier molecular flexibility index (Phi) is 6.24. The molecule has 7 heteroatoms. The molecule has 0 fully saturated rings. The van der Waals surface area contributed by atoms with Gasteiger partial charge in [-0.25, -0.2) is 5.43 Å². The number of amides is 1. The lowest BCUT2D eigenvalue weighted by atomic mass is 9.87. The molecule has 1 N–H and O–H groups in total. The second-order valence-corrected chi connectivity index (χ2v) is 7.61. The van der Waals surface area contributed by atoms with Crippen LogP contribution in [0.4, 0.5) is 0 Å². The summed E-state index contributed by atoms with van der Waals surface area (Å²) in [6.45, 7) is 1.66. The minimum absolute atomic E-state index is 0.244. The summed E-state index contributed by atoms with van der Waals surface area (Å²) in [5, 5.41) is 14.5. The van der Waals surface area contributed by atoms with Crippen molar-refractivity contribution in [2.75, 3.05) is 6.61 Å². The minimum Gasteiger partial charge on any atom is -0.546 e. The maximum Gasteiger partial charge on any atom is 0.281 e. The van der Waals surface area contributed by atoms with Gasteiger partial charge in [-0.1, -0.05) is 25.5 Å². The van der Waals surface area contributed by atoms with E-state index in [1.165, 1.54) is 40.8 Å². The van der Waals surface area contributed by atoms with Gasteiger partial charge in [-0.3, -0.25) is 4.79 Å². The Morgan fingerprint density at radius 1 is 1.41 bits per heavy atom. The van der Waals surface area contributed by atoms with Crippen LogP contribution in [0, 0.1) is 5.92 Å². The maximum atomic E-state index is 12.4. The first-order chi connectivity index (χ1) is 13.1. The van der Waals surface area contributed by atoms with Gasteiger partial charge in [0.05, 0.1) is 17.1 Å². The molecule has 0 bridgehead atoms. The molecule has 0 radical (unpaired) electrons. The van der Waals surface area contributed by atoms with E-state index in [2.05, 4.69) is 17.5 Å². The molecule has 3 rings (SSSR count). The number of nitrogens with zero attached hydrogens (tertiary/aromatic N) is 1. The summed E-state index contributed by atoms with van der Waals surface area (Å²) in [5.41, 5.74) is 4.38. The molecule has 1 aliphatic carbocycles. The van der Waals surface area contributed by atoms with Crippen molar-refractivity contribution in [3.8, 4) is 5.75 Å². The molecular weight excluding hydrogens is 364 g/mol. The van der Waals surface area contributed by atoms with Crippen LogP contribution in [0.2, 0.25) is 0 Å². The van der Waals surface area contributed by atoms with E-state index in [1.807, 2.05) is 6.07 Å². The highest BCUT2D eigenvalue weighted by atomic mass is 32.1. The summed E-state index contributed by atoms with van der Waals surface area (Å²) >= 11 is 1.53. The highest BCUT2D eigenvalue weighted by Crippen LogP contribution is 2.33.